The Morgan fingerprint density at radius 1 is 1.17 bits per heavy atom. The normalized spacial score (nSPS) is 18.3. The zero-order valence-electron chi connectivity index (χ0n) is 17.6. The minimum Gasteiger partial charge on any atom is -0.459 e. The fourth-order valence-corrected chi connectivity index (χ4v) is 3.84. The van der Waals surface area contributed by atoms with Gasteiger partial charge >= 0.3 is 12.1 Å². The number of ether oxygens (including phenoxy) is 2. The van der Waals surface area contributed by atoms with E-state index in [4.69, 9.17) is 9.47 Å². The van der Waals surface area contributed by atoms with Gasteiger partial charge in [0.2, 0.25) is 0 Å². The molecule has 9 heteroatoms. The van der Waals surface area contributed by atoms with Gasteiger partial charge in [0.1, 0.15) is 17.3 Å². The summed E-state index contributed by atoms with van der Waals surface area (Å²) in [5.74, 6) is -0.411. The molecule has 1 saturated heterocycles. The molecular weight excluding hydrogens is 388 g/mol. The zero-order valence-corrected chi connectivity index (χ0v) is 17.6. The summed E-state index contributed by atoms with van der Waals surface area (Å²) in [6, 6.07) is 1.52. The van der Waals surface area contributed by atoms with Crippen molar-refractivity contribution in [3.05, 3.63) is 33.9 Å². The topological polar surface area (TPSA) is 106 Å². The molecule has 2 aromatic heterocycles. The molecule has 3 heterocycles. The van der Waals surface area contributed by atoms with E-state index in [1.165, 1.54) is 12.3 Å². The van der Waals surface area contributed by atoms with Crippen LogP contribution in [0.4, 0.5) is 4.79 Å². The van der Waals surface area contributed by atoms with E-state index in [0.717, 1.165) is 25.0 Å². The third-order valence-electron chi connectivity index (χ3n) is 5.65. The van der Waals surface area contributed by atoms with Crippen LogP contribution in [-0.4, -0.2) is 56.4 Å². The summed E-state index contributed by atoms with van der Waals surface area (Å²) < 4.78 is 12.5. The van der Waals surface area contributed by atoms with Crippen LogP contribution >= 0.6 is 0 Å². The third kappa shape index (κ3) is 4.20. The molecule has 2 fully saturated rings. The van der Waals surface area contributed by atoms with Crippen LogP contribution in [0, 0.1) is 0 Å². The number of aromatic nitrogens is 3. The number of carbonyl (C=O) groups excluding carboxylic acids is 2. The van der Waals surface area contributed by atoms with Gasteiger partial charge in [0.25, 0.3) is 5.56 Å². The van der Waals surface area contributed by atoms with Crippen molar-refractivity contribution in [3.8, 4) is 0 Å². The molecule has 30 heavy (non-hydrogen) atoms. The Bertz CT molecular complexity index is 1010. The second kappa shape index (κ2) is 7.77. The van der Waals surface area contributed by atoms with Crippen molar-refractivity contribution in [1.29, 1.82) is 0 Å². The lowest BCUT2D eigenvalue weighted by molar-refractivity contribution is 0.00910. The fraction of sp³-hybridized carbons (Fsp3) is 0.619. The van der Waals surface area contributed by atoms with Gasteiger partial charge in [-0.25, -0.2) is 14.1 Å². The van der Waals surface area contributed by atoms with Gasteiger partial charge in [0.05, 0.1) is 11.9 Å². The summed E-state index contributed by atoms with van der Waals surface area (Å²) in [5, 5.41) is 4.35. The molecule has 1 amide bonds. The van der Waals surface area contributed by atoms with Gasteiger partial charge in [-0.2, -0.15) is 5.10 Å². The van der Waals surface area contributed by atoms with E-state index in [0.29, 0.717) is 31.6 Å². The van der Waals surface area contributed by atoms with E-state index in [-0.39, 0.29) is 29.2 Å². The number of aromatic amines is 1. The zero-order chi connectivity index (χ0) is 21.5. The monoisotopic (exact) mass is 416 g/mol. The van der Waals surface area contributed by atoms with Crippen LogP contribution in [0.15, 0.2) is 17.1 Å². The Labute approximate surface area is 174 Å². The highest BCUT2D eigenvalue weighted by atomic mass is 16.6. The highest BCUT2D eigenvalue weighted by molar-refractivity contribution is 5.95. The summed E-state index contributed by atoms with van der Waals surface area (Å²) >= 11 is 0. The maximum absolute atomic E-state index is 12.5. The van der Waals surface area contributed by atoms with Crippen molar-refractivity contribution in [1.82, 2.24) is 19.5 Å². The van der Waals surface area contributed by atoms with Crippen molar-refractivity contribution in [2.24, 2.45) is 0 Å². The molecule has 0 aromatic carbocycles. The number of nitrogens with one attached hydrogen (secondary N) is 1. The van der Waals surface area contributed by atoms with Gasteiger partial charge in [0.15, 0.2) is 5.65 Å². The number of rotatable bonds is 3. The summed E-state index contributed by atoms with van der Waals surface area (Å²) in [4.78, 5) is 41.5. The maximum atomic E-state index is 12.5. The van der Waals surface area contributed by atoms with Gasteiger partial charge in [-0.15, -0.1) is 0 Å². The first-order chi connectivity index (χ1) is 14.2. The first-order valence-corrected chi connectivity index (χ1v) is 10.5. The van der Waals surface area contributed by atoms with E-state index in [9.17, 15) is 14.4 Å². The highest BCUT2D eigenvalue weighted by Gasteiger charge is 2.30. The standard InChI is InChI=1S/C21H28N4O5/c1-21(2,3)30-20(28)24-9-7-13(8-10-24)16-11-17(26)23-18-15(12-22-25(16)18)19(27)29-14-5-4-6-14/h11-14H,4-10H2,1-3H3,(H,23,26). The lowest BCUT2D eigenvalue weighted by Gasteiger charge is -2.33. The fourth-order valence-electron chi connectivity index (χ4n) is 3.84. The van der Waals surface area contributed by atoms with E-state index >= 15 is 0 Å². The Hall–Kier alpha value is -2.84. The number of hydrogen-bond acceptors (Lipinski definition) is 6. The molecule has 4 rings (SSSR count). The van der Waals surface area contributed by atoms with Gasteiger partial charge in [-0.1, -0.05) is 0 Å². The molecule has 2 aromatic rings. The Morgan fingerprint density at radius 2 is 1.87 bits per heavy atom. The number of H-pyrrole nitrogens is 1. The van der Waals surface area contributed by atoms with E-state index in [1.807, 2.05) is 20.8 Å². The van der Waals surface area contributed by atoms with Gasteiger partial charge in [-0.05, 0) is 52.9 Å². The first kappa shape index (κ1) is 20.4. The van der Waals surface area contributed by atoms with Crippen molar-refractivity contribution in [3.63, 3.8) is 0 Å². The number of fused-ring (bicyclic) bond motifs is 1. The molecule has 0 atom stereocenters. The second-order valence-electron chi connectivity index (χ2n) is 9.08. The predicted octanol–water partition coefficient (Wildman–Crippen LogP) is 2.85. The van der Waals surface area contributed by atoms with Crippen LogP contribution in [0.1, 0.15) is 74.8 Å². The Kier molecular flexibility index (Phi) is 5.29. The largest absolute Gasteiger partial charge is 0.459 e. The predicted molar refractivity (Wildman–Crippen MR) is 109 cm³/mol. The first-order valence-electron chi connectivity index (χ1n) is 10.5. The molecule has 1 aliphatic carbocycles. The molecule has 162 valence electrons. The highest BCUT2D eigenvalue weighted by Crippen LogP contribution is 2.29. The Balaban J connectivity index is 1.51. The smallest absolute Gasteiger partial charge is 0.410 e. The van der Waals surface area contributed by atoms with Crippen LogP contribution in [0.5, 0.6) is 0 Å². The second-order valence-corrected chi connectivity index (χ2v) is 9.08. The van der Waals surface area contributed by atoms with Crippen molar-refractivity contribution in [2.75, 3.05) is 13.1 Å². The average molecular weight is 416 g/mol. The summed E-state index contributed by atoms with van der Waals surface area (Å²) in [6.07, 6.45) is 5.27. The molecule has 1 aliphatic heterocycles. The van der Waals surface area contributed by atoms with Crippen LogP contribution in [0.25, 0.3) is 5.65 Å². The van der Waals surface area contributed by atoms with Crippen molar-refractivity contribution < 1.29 is 19.1 Å². The molecule has 1 N–H and O–H groups in total. The summed E-state index contributed by atoms with van der Waals surface area (Å²) in [6.45, 7) is 6.60. The van der Waals surface area contributed by atoms with Crippen molar-refractivity contribution >= 4 is 17.7 Å². The molecule has 1 saturated carbocycles. The number of amides is 1. The number of carbonyl (C=O) groups is 2. The molecule has 2 aliphatic rings. The quantitative estimate of drug-likeness (QED) is 0.771. The van der Waals surface area contributed by atoms with Crippen LogP contribution in [0.2, 0.25) is 0 Å². The molecule has 0 radical (unpaired) electrons. The molecular formula is C21H28N4O5. The molecule has 0 spiro atoms. The van der Waals surface area contributed by atoms with Gasteiger partial charge < -0.3 is 19.4 Å². The molecule has 0 unspecified atom stereocenters. The van der Waals surface area contributed by atoms with Crippen LogP contribution in [0.3, 0.4) is 0 Å². The number of hydrogen-bond donors (Lipinski definition) is 1. The molecule has 0 bridgehead atoms. The Morgan fingerprint density at radius 3 is 2.47 bits per heavy atom. The number of esters is 1. The lowest BCUT2D eigenvalue weighted by atomic mass is 9.93. The summed E-state index contributed by atoms with van der Waals surface area (Å²) in [5.41, 5.74) is 0.542. The minimum atomic E-state index is -0.535. The van der Waals surface area contributed by atoms with Crippen molar-refractivity contribution in [2.45, 2.75) is 70.5 Å². The number of piperidine rings is 1. The molecule has 9 nitrogen and oxygen atoms in total. The van der Waals surface area contributed by atoms with E-state index in [2.05, 4.69) is 10.1 Å². The van der Waals surface area contributed by atoms with Crippen LogP contribution < -0.4 is 5.56 Å². The van der Waals surface area contributed by atoms with E-state index in [1.54, 1.807) is 9.42 Å². The lowest BCUT2D eigenvalue weighted by Crippen LogP contribution is -2.41. The maximum Gasteiger partial charge on any atom is 0.410 e. The third-order valence-corrected chi connectivity index (χ3v) is 5.65. The minimum absolute atomic E-state index is 0.0421. The van der Waals surface area contributed by atoms with E-state index < -0.39 is 11.6 Å². The SMILES string of the molecule is CC(C)(C)OC(=O)N1CCC(c2cc(=O)[nH]c3c(C(=O)OC4CCC4)cnn23)CC1. The van der Waals surface area contributed by atoms with Crippen LogP contribution in [-0.2, 0) is 9.47 Å². The average Bonchev–Trinajstić information content (AvgIpc) is 3.06. The number of nitrogens with zero attached hydrogens (tertiary/aromatic N) is 3. The number of likely N-dealkylation sites (tertiary alicyclic amines) is 1. The summed E-state index contributed by atoms with van der Waals surface area (Å²) in [7, 11) is 0. The van der Waals surface area contributed by atoms with Gasteiger partial charge in [-0.3, -0.25) is 4.79 Å². The van der Waals surface area contributed by atoms with Gasteiger partial charge in [0, 0.05) is 25.1 Å².